The van der Waals surface area contributed by atoms with Crippen LogP contribution in [0.4, 0.5) is 0 Å². The Balaban J connectivity index is 3.20. The molecule has 0 radical (unpaired) electrons. The fourth-order valence-electron chi connectivity index (χ4n) is 1.96. The second-order valence-electron chi connectivity index (χ2n) is 5.09. The summed E-state index contributed by atoms with van der Waals surface area (Å²) in [6.07, 6.45) is 14.5. The zero-order chi connectivity index (χ0) is 15.1. The molecule has 20 heavy (non-hydrogen) atoms. The second kappa shape index (κ2) is 14.1. The molecule has 4 heteroatoms. The number of esters is 1. The van der Waals surface area contributed by atoms with E-state index in [9.17, 15) is 9.59 Å². The number of unbranched alkanes of at least 4 members (excludes halogenated alkanes) is 9. The lowest BCUT2D eigenvalue weighted by Crippen LogP contribution is -2.08. The van der Waals surface area contributed by atoms with Crippen LogP contribution in [0.1, 0.15) is 71.1 Å². The van der Waals surface area contributed by atoms with Crippen LogP contribution in [-0.4, -0.2) is 18.5 Å². The van der Waals surface area contributed by atoms with Gasteiger partial charge in [0.15, 0.2) is 0 Å². The minimum absolute atomic E-state index is 0.415. The van der Waals surface area contributed by atoms with E-state index in [1.807, 2.05) is 0 Å². The first kappa shape index (κ1) is 18.7. The molecule has 0 aliphatic carbocycles. The molecule has 116 valence electrons. The Kier molecular flexibility index (Phi) is 13.2. The third-order valence-corrected chi connectivity index (χ3v) is 3.13. The highest BCUT2D eigenvalue weighted by molar-refractivity contribution is 5.93. The zero-order valence-corrected chi connectivity index (χ0v) is 12.7. The predicted molar refractivity (Wildman–Crippen MR) is 81.1 cm³/mol. The lowest BCUT2D eigenvalue weighted by atomic mass is 10.1. The minimum atomic E-state index is -0.638. The Hall–Kier alpha value is -1.32. The van der Waals surface area contributed by atoms with Crippen molar-refractivity contribution >= 4 is 11.9 Å². The van der Waals surface area contributed by atoms with Gasteiger partial charge in [-0.3, -0.25) is 4.79 Å². The first-order valence-electron chi connectivity index (χ1n) is 7.81. The van der Waals surface area contributed by atoms with E-state index in [4.69, 9.17) is 10.5 Å². The quantitative estimate of drug-likeness (QED) is 0.319. The summed E-state index contributed by atoms with van der Waals surface area (Å²) in [4.78, 5) is 21.5. The van der Waals surface area contributed by atoms with Crippen molar-refractivity contribution < 1.29 is 14.3 Å². The first-order chi connectivity index (χ1) is 9.66. The molecule has 0 aliphatic rings. The lowest BCUT2D eigenvalue weighted by molar-refractivity contribution is -0.138. The van der Waals surface area contributed by atoms with E-state index in [2.05, 4.69) is 6.92 Å². The molecule has 0 unspecified atom stereocenters. The molecule has 0 saturated carbocycles. The molecule has 0 rings (SSSR count). The van der Waals surface area contributed by atoms with Crippen molar-refractivity contribution in [3.8, 4) is 0 Å². The zero-order valence-electron chi connectivity index (χ0n) is 12.7. The van der Waals surface area contributed by atoms with Crippen molar-refractivity contribution in [2.75, 3.05) is 6.61 Å². The van der Waals surface area contributed by atoms with Crippen LogP contribution in [0.5, 0.6) is 0 Å². The maximum Gasteiger partial charge on any atom is 0.330 e. The van der Waals surface area contributed by atoms with Crippen LogP contribution >= 0.6 is 0 Å². The summed E-state index contributed by atoms with van der Waals surface area (Å²) in [6, 6.07) is 0. The summed E-state index contributed by atoms with van der Waals surface area (Å²) < 4.78 is 4.93. The van der Waals surface area contributed by atoms with Gasteiger partial charge in [-0.25, -0.2) is 4.79 Å². The molecule has 0 fully saturated rings. The molecule has 0 atom stereocenters. The predicted octanol–water partition coefficient (Wildman–Crippen LogP) is 3.49. The van der Waals surface area contributed by atoms with Crippen LogP contribution in [0.15, 0.2) is 12.2 Å². The van der Waals surface area contributed by atoms with E-state index in [1.165, 1.54) is 51.4 Å². The van der Waals surface area contributed by atoms with Crippen molar-refractivity contribution in [3.05, 3.63) is 12.2 Å². The van der Waals surface area contributed by atoms with Crippen LogP contribution in [0.2, 0.25) is 0 Å². The van der Waals surface area contributed by atoms with E-state index in [-0.39, 0.29) is 0 Å². The summed E-state index contributed by atoms with van der Waals surface area (Å²) >= 11 is 0. The molecule has 0 aromatic heterocycles. The van der Waals surface area contributed by atoms with Crippen LogP contribution in [0, 0.1) is 0 Å². The fourth-order valence-corrected chi connectivity index (χ4v) is 1.96. The summed E-state index contributed by atoms with van der Waals surface area (Å²) in [7, 11) is 0. The number of carbonyl (C=O) groups excluding carboxylic acids is 2. The maximum atomic E-state index is 11.1. The smallest absolute Gasteiger partial charge is 0.330 e. The largest absolute Gasteiger partial charge is 0.463 e. The Bertz CT molecular complexity index is 287. The summed E-state index contributed by atoms with van der Waals surface area (Å²) in [6.45, 7) is 2.65. The number of hydrogen-bond donors (Lipinski definition) is 1. The van der Waals surface area contributed by atoms with Gasteiger partial charge in [0.25, 0.3) is 0 Å². The Labute approximate surface area is 122 Å². The van der Waals surface area contributed by atoms with Crippen molar-refractivity contribution in [3.63, 3.8) is 0 Å². The van der Waals surface area contributed by atoms with E-state index < -0.39 is 11.9 Å². The van der Waals surface area contributed by atoms with Gasteiger partial charge in [0.05, 0.1) is 6.61 Å². The van der Waals surface area contributed by atoms with Gasteiger partial charge in [0.2, 0.25) is 5.91 Å². The molecular weight excluding hydrogens is 254 g/mol. The second-order valence-corrected chi connectivity index (χ2v) is 5.09. The van der Waals surface area contributed by atoms with E-state index in [0.29, 0.717) is 6.61 Å². The molecular formula is C16H29NO3. The Morgan fingerprint density at radius 2 is 1.35 bits per heavy atom. The van der Waals surface area contributed by atoms with Gasteiger partial charge in [-0.1, -0.05) is 64.7 Å². The molecule has 0 aromatic carbocycles. The number of rotatable bonds is 13. The van der Waals surface area contributed by atoms with Crippen molar-refractivity contribution in [2.45, 2.75) is 71.1 Å². The molecule has 1 amide bonds. The van der Waals surface area contributed by atoms with E-state index in [0.717, 1.165) is 25.0 Å². The molecule has 0 bridgehead atoms. The number of hydrogen-bond acceptors (Lipinski definition) is 3. The number of carbonyl (C=O) groups is 2. The molecule has 0 saturated heterocycles. The first-order valence-corrected chi connectivity index (χ1v) is 7.81. The van der Waals surface area contributed by atoms with Crippen LogP contribution in [-0.2, 0) is 14.3 Å². The highest BCUT2D eigenvalue weighted by Crippen LogP contribution is 2.10. The maximum absolute atomic E-state index is 11.1. The van der Waals surface area contributed by atoms with Crippen molar-refractivity contribution in [1.29, 1.82) is 0 Å². The monoisotopic (exact) mass is 283 g/mol. The highest BCUT2D eigenvalue weighted by Gasteiger charge is 1.98. The van der Waals surface area contributed by atoms with Gasteiger partial charge < -0.3 is 10.5 Å². The van der Waals surface area contributed by atoms with Gasteiger partial charge in [0.1, 0.15) is 0 Å². The third-order valence-electron chi connectivity index (χ3n) is 3.13. The molecule has 2 N–H and O–H groups in total. The molecule has 0 spiro atoms. The summed E-state index contributed by atoms with van der Waals surface area (Å²) in [5.41, 5.74) is 4.87. The number of ether oxygens (including phenoxy) is 1. The SMILES string of the molecule is CCCCCCCCCCCCOC(=O)/C=C\C(N)=O. The number of amides is 1. The van der Waals surface area contributed by atoms with Crippen molar-refractivity contribution in [1.82, 2.24) is 0 Å². The normalized spacial score (nSPS) is 10.8. The Morgan fingerprint density at radius 1 is 0.850 bits per heavy atom. The van der Waals surface area contributed by atoms with Crippen LogP contribution < -0.4 is 5.73 Å². The average Bonchev–Trinajstić information content (AvgIpc) is 2.42. The standard InChI is InChI=1S/C16H29NO3/c1-2-3-4-5-6-7-8-9-10-11-14-20-16(19)13-12-15(17)18/h12-13H,2-11,14H2,1H3,(H2,17,18)/b13-12-. The minimum Gasteiger partial charge on any atom is -0.463 e. The molecule has 0 aliphatic heterocycles. The number of nitrogens with two attached hydrogens (primary N) is 1. The number of primary amides is 1. The van der Waals surface area contributed by atoms with Gasteiger partial charge in [-0.05, 0) is 6.42 Å². The van der Waals surface area contributed by atoms with Crippen LogP contribution in [0.25, 0.3) is 0 Å². The molecule has 0 heterocycles. The van der Waals surface area contributed by atoms with Crippen LogP contribution in [0.3, 0.4) is 0 Å². The average molecular weight is 283 g/mol. The highest BCUT2D eigenvalue weighted by atomic mass is 16.5. The van der Waals surface area contributed by atoms with Gasteiger partial charge in [-0.15, -0.1) is 0 Å². The van der Waals surface area contributed by atoms with Gasteiger partial charge in [0, 0.05) is 12.2 Å². The lowest BCUT2D eigenvalue weighted by Gasteiger charge is -2.03. The molecule has 0 aromatic rings. The summed E-state index contributed by atoms with van der Waals surface area (Å²) in [5.74, 6) is -1.14. The van der Waals surface area contributed by atoms with Gasteiger partial charge in [-0.2, -0.15) is 0 Å². The van der Waals surface area contributed by atoms with E-state index >= 15 is 0 Å². The molecule has 4 nitrogen and oxygen atoms in total. The van der Waals surface area contributed by atoms with Gasteiger partial charge >= 0.3 is 5.97 Å². The fraction of sp³-hybridized carbons (Fsp3) is 0.750. The topological polar surface area (TPSA) is 69.4 Å². The third kappa shape index (κ3) is 14.7. The summed E-state index contributed by atoms with van der Waals surface area (Å²) in [5, 5.41) is 0. The van der Waals surface area contributed by atoms with Crippen molar-refractivity contribution in [2.24, 2.45) is 5.73 Å². The van der Waals surface area contributed by atoms with E-state index in [1.54, 1.807) is 0 Å². The Morgan fingerprint density at radius 3 is 1.85 bits per heavy atom.